The molecule has 3 nitrogen and oxygen atoms in total. The van der Waals surface area contributed by atoms with Crippen molar-refractivity contribution in [1.29, 1.82) is 0 Å². The molecular weight excluding hydrogens is 307 g/mol. The first-order chi connectivity index (χ1) is 10.8. The number of rotatable bonds is 2. The first-order valence-electron chi connectivity index (χ1n) is 8.75. The summed E-state index contributed by atoms with van der Waals surface area (Å²) in [5.74, 6) is -1.35. The van der Waals surface area contributed by atoms with Gasteiger partial charge in [0.1, 0.15) is 5.78 Å². The number of fused-ring (bicyclic) bond motifs is 2. The van der Waals surface area contributed by atoms with Gasteiger partial charge in [-0.1, -0.05) is 12.8 Å². The van der Waals surface area contributed by atoms with Crippen molar-refractivity contribution in [2.24, 2.45) is 23.7 Å². The molecule has 0 aromatic carbocycles. The van der Waals surface area contributed by atoms with Crippen LogP contribution in [0.2, 0.25) is 0 Å². The van der Waals surface area contributed by atoms with Gasteiger partial charge >= 0.3 is 6.18 Å². The fourth-order valence-corrected chi connectivity index (χ4v) is 4.63. The molecule has 6 heteroatoms. The highest BCUT2D eigenvalue weighted by Crippen LogP contribution is 2.41. The third kappa shape index (κ3) is 3.72. The molecule has 1 unspecified atom stereocenters. The fraction of sp³-hybridized carbons (Fsp3) is 0.882. The van der Waals surface area contributed by atoms with Gasteiger partial charge < -0.3 is 5.32 Å². The predicted molar refractivity (Wildman–Crippen MR) is 78.5 cm³/mol. The van der Waals surface area contributed by atoms with Crippen LogP contribution in [0.5, 0.6) is 0 Å². The van der Waals surface area contributed by atoms with E-state index in [-0.39, 0.29) is 42.5 Å². The molecule has 0 radical (unpaired) electrons. The van der Waals surface area contributed by atoms with Crippen molar-refractivity contribution in [2.75, 3.05) is 0 Å². The zero-order valence-corrected chi connectivity index (χ0v) is 13.2. The van der Waals surface area contributed by atoms with E-state index in [4.69, 9.17) is 0 Å². The zero-order valence-electron chi connectivity index (χ0n) is 13.2. The average molecular weight is 331 g/mol. The minimum atomic E-state index is -4.17. The largest absolute Gasteiger partial charge is 0.391 e. The summed E-state index contributed by atoms with van der Waals surface area (Å²) in [6.07, 6.45) is 1.04. The number of hydrogen-bond acceptors (Lipinski definition) is 2. The van der Waals surface area contributed by atoms with Crippen LogP contribution in [-0.4, -0.2) is 23.9 Å². The second kappa shape index (κ2) is 6.44. The van der Waals surface area contributed by atoms with Crippen molar-refractivity contribution in [3.8, 4) is 0 Å². The van der Waals surface area contributed by atoms with Crippen molar-refractivity contribution in [2.45, 2.75) is 70.0 Å². The highest BCUT2D eigenvalue weighted by molar-refractivity contribution is 5.88. The second-order valence-corrected chi connectivity index (χ2v) is 7.51. The van der Waals surface area contributed by atoms with Crippen LogP contribution < -0.4 is 5.32 Å². The molecule has 130 valence electrons. The Hall–Kier alpha value is -1.07. The average Bonchev–Trinajstić information content (AvgIpc) is 2.46. The van der Waals surface area contributed by atoms with Crippen LogP contribution in [0.1, 0.15) is 57.8 Å². The van der Waals surface area contributed by atoms with E-state index in [2.05, 4.69) is 5.32 Å². The summed E-state index contributed by atoms with van der Waals surface area (Å²) in [4.78, 5) is 24.5. The van der Waals surface area contributed by atoms with Crippen LogP contribution >= 0.6 is 0 Å². The lowest BCUT2D eigenvalue weighted by Gasteiger charge is -2.38. The third-order valence-corrected chi connectivity index (χ3v) is 5.90. The fourth-order valence-electron chi connectivity index (χ4n) is 4.63. The summed E-state index contributed by atoms with van der Waals surface area (Å²) in [6.45, 7) is 0. The second-order valence-electron chi connectivity index (χ2n) is 7.51. The Labute approximate surface area is 134 Å². The van der Waals surface area contributed by atoms with E-state index in [0.717, 1.165) is 19.3 Å². The number of amides is 1. The van der Waals surface area contributed by atoms with E-state index < -0.39 is 12.1 Å². The molecule has 2 bridgehead atoms. The van der Waals surface area contributed by atoms with Crippen molar-refractivity contribution in [1.82, 2.24) is 5.32 Å². The molecule has 1 N–H and O–H groups in total. The van der Waals surface area contributed by atoms with Gasteiger partial charge in [-0.2, -0.15) is 13.2 Å². The van der Waals surface area contributed by atoms with E-state index in [9.17, 15) is 22.8 Å². The van der Waals surface area contributed by atoms with Gasteiger partial charge in [-0.3, -0.25) is 9.59 Å². The van der Waals surface area contributed by atoms with E-state index in [1.54, 1.807) is 0 Å². The Morgan fingerprint density at radius 2 is 1.57 bits per heavy atom. The van der Waals surface area contributed by atoms with Crippen LogP contribution in [0.15, 0.2) is 0 Å². The van der Waals surface area contributed by atoms with Gasteiger partial charge in [-0.05, 0) is 44.9 Å². The topological polar surface area (TPSA) is 46.2 Å². The Morgan fingerprint density at radius 1 is 0.957 bits per heavy atom. The van der Waals surface area contributed by atoms with Crippen LogP contribution in [0, 0.1) is 23.7 Å². The summed E-state index contributed by atoms with van der Waals surface area (Å²) in [6, 6.07) is -0.375. The van der Waals surface area contributed by atoms with Gasteiger partial charge in [-0.25, -0.2) is 0 Å². The minimum absolute atomic E-state index is 0.00620. The summed E-state index contributed by atoms with van der Waals surface area (Å²) >= 11 is 0. The van der Waals surface area contributed by atoms with Crippen molar-refractivity contribution < 1.29 is 22.8 Å². The molecule has 5 atom stereocenters. The lowest BCUT2D eigenvalue weighted by molar-refractivity contribution is -0.184. The number of nitrogens with one attached hydrogen (secondary N) is 1. The Balaban J connectivity index is 1.56. The van der Waals surface area contributed by atoms with Gasteiger partial charge in [0.15, 0.2) is 0 Å². The Morgan fingerprint density at radius 3 is 2.17 bits per heavy atom. The Bertz CT molecular complexity index is 461. The molecule has 0 heterocycles. The van der Waals surface area contributed by atoms with Gasteiger partial charge in [0.05, 0.1) is 5.92 Å². The number of hydrogen-bond donors (Lipinski definition) is 1. The third-order valence-electron chi connectivity index (χ3n) is 5.90. The summed E-state index contributed by atoms with van der Waals surface area (Å²) in [5.41, 5.74) is 0. The maximum absolute atomic E-state index is 12.9. The van der Waals surface area contributed by atoms with Gasteiger partial charge in [0, 0.05) is 23.8 Å². The molecule has 0 aromatic rings. The smallest absolute Gasteiger partial charge is 0.353 e. The number of alkyl halides is 3. The summed E-state index contributed by atoms with van der Waals surface area (Å²) in [7, 11) is 0. The lowest BCUT2D eigenvalue weighted by atomic mass is 9.67. The first kappa shape index (κ1) is 16.8. The van der Waals surface area contributed by atoms with Crippen molar-refractivity contribution in [3.63, 3.8) is 0 Å². The van der Waals surface area contributed by atoms with Gasteiger partial charge in [0.2, 0.25) is 5.91 Å². The molecule has 0 aromatic heterocycles. The summed E-state index contributed by atoms with van der Waals surface area (Å²) < 4.78 is 38.6. The van der Waals surface area contributed by atoms with Gasteiger partial charge in [-0.15, -0.1) is 0 Å². The van der Waals surface area contributed by atoms with Crippen LogP contribution in [0.4, 0.5) is 13.2 Å². The van der Waals surface area contributed by atoms with Crippen molar-refractivity contribution >= 4 is 11.7 Å². The first-order valence-corrected chi connectivity index (χ1v) is 8.75. The highest BCUT2D eigenvalue weighted by Gasteiger charge is 2.44. The number of halogens is 3. The van der Waals surface area contributed by atoms with Crippen LogP contribution in [-0.2, 0) is 9.59 Å². The zero-order chi connectivity index (χ0) is 16.6. The number of Topliss-reactive ketones (excluding diaryl/α,β-unsaturated/α-hetero) is 1. The molecule has 3 fully saturated rings. The quantitative estimate of drug-likeness (QED) is 0.840. The van der Waals surface area contributed by atoms with Crippen LogP contribution in [0.25, 0.3) is 0 Å². The van der Waals surface area contributed by atoms with E-state index >= 15 is 0 Å². The molecule has 0 spiro atoms. The summed E-state index contributed by atoms with van der Waals surface area (Å²) in [5, 5.41) is 2.84. The number of carbonyl (C=O) groups excluding carboxylic acids is 2. The minimum Gasteiger partial charge on any atom is -0.353 e. The molecule has 3 aliphatic rings. The van der Waals surface area contributed by atoms with E-state index in [1.807, 2.05) is 0 Å². The SMILES string of the molecule is O=C(N[C@@H]1CCC[C@H](C(F)(F)F)C1)C1C[C@H]2CCC[C@@H](C1)C2=O. The standard InChI is InChI=1S/C17H24F3NO2/c18-17(19,20)13-5-2-6-14(9-13)21-16(23)12-7-10-3-1-4-11(8-12)15(10)22/h10-14H,1-9H2,(H,21,23)/t10-,11+,12?,13-,14+/m0/s1. The molecule has 3 aliphatic carbocycles. The van der Waals surface area contributed by atoms with Gasteiger partial charge in [0.25, 0.3) is 0 Å². The lowest BCUT2D eigenvalue weighted by Crippen LogP contribution is -2.47. The predicted octanol–water partition coefficient (Wildman–Crippen LogP) is 3.62. The molecule has 0 saturated heterocycles. The Kier molecular flexibility index (Phi) is 4.70. The van der Waals surface area contributed by atoms with E-state index in [1.165, 1.54) is 0 Å². The number of ketones is 1. The molecule has 23 heavy (non-hydrogen) atoms. The molecule has 3 rings (SSSR count). The normalized spacial score (nSPS) is 38.2. The molecular formula is C17H24F3NO2. The maximum atomic E-state index is 12.9. The molecule has 1 amide bonds. The van der Waals surface area contributed by atoms with Crippen molar-refractivity contribution in [3.05, 3.63) is 0 Å². The van der Waals surface area contributed by atoms with E-state index in [0.29, 0.717) is 31.5 Å². The molecule has 3 saturated carbocycles. The maximum Gasteiger partial charge on any atom is 0.391 e. The highest BCUT2D eigenvalue weighted by atomic mass is 19.4. The number of carbonyl (C=O) groups is 2. The van der Waals surface area contributed by atoms with Crippen LogP contribution in [0.3, 0.4) is 0 Å². The monoisotopic (exact) mass is 331 g/mol. The molecule has 0 aliphatic heterocycles.